The maximum absolute atomic E-state index is 12.5. The van der Waals surface area contributed by atoms with Crippen molar-refractivity contribution < 1.29 is 23.8 Å². The molecule has 25 heavy (non-hydrogen) atoms. The van der Waals surface area contributed by atoms with Gasteiger partial charge in [-0.3, -0.25) is 9.59 Å². The Balaban J connectivity index is 2.07. The summed E-state index contributed by atoms with van der Waals surface area (Å²) in [6, 6.07) is 14.4. The summed E-state index contributed by atoms with van der Waals surface area (Å²) in [6.07, 6.45) is 0.0733. The van der Waals surface area contributed by atoms with E-state index in [1.165, 1.54) is 6.92 Å². The van der Waals surface area contributed by atoms with Gasteiger partial charge in [0.15, 0.2) is 5.78 Å². The van der Waals surface area contributed by atoms with Crippen LogP contribution in [0.3, 0.4) is 0 Å². The van der Waals surface area contributed by atoms with Gasteiger partial charge < -0.3 is 14.2 Å². The van der Waals surface area contributed by atoms with E-state index >= 15 is 0 Å². The van der Waals surface area contributed by atoms with Gasteiger partial charge in [-0.05, 0) is 42.0 Å². The second kappa shape index (κ2) is 8.87. The molecule has 0 spiro atoms. The van der Waals surface area contributed by atoms with Gasteiger partial charge in [0.25, 0.3) is 0 Å². The largest absolute Gasteiger partial charge is 0.497 e. The van der Waals surface area contributed by atoms with E-state index in [9.17, 15) is 9.59 Å². The minimum atomic E-state index is -0.513. The van der Waals surface area contributed by atoms with E-state index in [0.29, 0.717) is 17.7 Å². The van der Waals surface area contributed by atoms with Crippen molar-refractivity contribution in [3.8, 4) is 11.5 Å². The molecule has 1 atom stereocenters. The van der Waals surface area contributed by atoms with Crippen LogP contribution in [0.15, 0.2) is 48.5 Å². The van der Waals surface area contributed by atoms with E-state index in [4.69, 9.17) is 14.2 Å². The minimum absolute atomic E-state index is 0.0811. The Morgan fingerprint density at radius 3 is 1.88 bits per heavy atom. The Labute approximate surface area is 147 Å². The summed E-state index contributed by atoms with van der Waals surface area (Å²) in [6.45, 7) is 1.35. The van der Waals surface area contributed by atoms with E-state index < -0.39 is 12.1 Å². The number of ether oxygens (including phenoxy) is 3. The fraction of sp³-hybridized carbons (Fsp3) is 0.300. The smallest absolute Gasteiger partial charge is 0.302 e. The highest BCUT2D eigenvalue weighted by molar-refractivity contribution is 5.96. The molecule has 0 N–H and O–H groups in total. The van der Waals surface area contributed by atoms with Gasteiger partial charge in [-0.15, -0.1) is 0 Å². The third-order valence-corrected chi connectivity index (χ3v) is 3.78. The number of carbonyl (C=O) groups excluding carboxylic acids is 2. The summed E-state index contributed by atoms with van der Waals surface area (Å²) >= 11 is 0. The van der Waals surface area contributed by atoms with E-state index in [-0.39, 0.29) is 12.2 Å². The minimum Gasteiger partial charge on any atom is -0.497 e. The molecule has 0 fully saturated rings. The Morgan fingerprint density at radius 1 is 0.880 bits per heavy atom. The number of methoxy groups -OCH3 is 2. The average Bonchev–Trinajstić information content (AvgIpc) is 2.61. The lowest BCUT2D eigenvalue weighted by atomic mass is 10.00. The highest BCUT2D eigenvalue weighted by Crippen LogP contribution is 2.18. The monoisotopic (exact) mass is 342 g/mol. The van der Waals surface area contributed by atoms with Gasteiger partial charge in [0.05, 0.1) is 14.2 Å². The maximum Gasteiger partial charge on any atom is 0.302 e. The Bertz CT molecular complexity index is 704. The summed E-state index contributed by atoms with van der Waals surface area (Å²) < 4.78 is 15.6. The second-order valence-electron chi connectivity index (χ2n) is 5.64. The second-order valence-corrected chi connectivity index (χ2v) is 5.64. The zero-order chi connectivity index (χ0) is 18.2. The van der Waals surface area contributed by atoms with Gasteiger partial charge >= 0.3 is 5.97 Å². The van der Waals surface area contributed by atoms with E-state index in [1.807, 2.05) is 24.3 Å². The zero-order valence-electron chi connectivity index (χ0n) is 14.7. The summed E-state index contributed by atoms with van der Waals surface area (Å²) in [5.41, 5.74) is 1.53. The number of Topliss-reactive ketones (excluding diaryl/α,β-unsaturated/α-hetero) is 1. The summed E-state index contributed by atoms with van der Waals surface area (Å²) in [4.78, 5) is 23.9. The molecule has 2 aromatic rings. The molecule has 0 aliphatic rings. The Kier molecular flexibility index (Phi) is 6.57. The Hall–Kier alpha value is -2.82. The van der Waals surface area contributed by atoms with Crippen LogP contribution < -0.4 is 9.47 Å². The quantitative estimate of drug-likeness (QED) is 0.543. The molecule has 132 valence electrons. The zero-order valence-corrected chi connectivity index (χ0v) is 14.7. The van der Waals surface area contributed by atoms with Gasteiger partial charge in [-0.25, -0.2) is 0 Å². The molecular formula is C20H22O5. The van der Waals surface area contributed by atoms with E-state index in [0.717, 1.165) is 11.3 Å². The summed E-state index contributed by atoms with van der Waals surface area (Å²) in [7, 11) is 3.17. The predicted octanol–water partition coefficient (Wildman–Crippen LogP) is 3.45. The van der Waals surface area contributed by atoms with Crippen LogP contribution in [0.2, 0.25) is 0 Å². The van der Waals surface area contributed by atoms with Crippen molar-refractivity contribution in [1.82, 2.24) is 0 Å². The van der Waals surface area contributed by atoms with Crippen molar-refractivity contribution in [2.45, 2.75) is 25.9 Å². The molecule has 0 aliphatic carbocycles. The van der Waals surface area contributed by atoms with Crippen molar-refractivity contribution in [2.75, 3.05) is 14.2 Å². The lowest BCUT2D eigenvalue weighted by Gasteiger charge is -2.17. The third kappa shape index (κ3) is 5.64. The van der Waals surface area contributed by atoms with Crippen LogP contribution >= 0.6 is 0 Å². The van der Waals surface area contributed by atoms with Crippen molar-refractivity contribution >= 4 is 11.8 Å². The lowest BCUT2D eigenvalue weighted by Crippen LogP contribution is -2.23. The Morgan fingerprint density at radius 2 is 1.40 bits per heavy atom. The molecule has 2 rings (SSSR count). The SMILES string of the molecule is COc1ccc(CC(CC(=O)c2ccc(OC)cc2)OC(C)=O)cc1. The first-order valence-corrected chi connectivity index (χ1v) is 7.99. The molecule has 1 unspecified atom stereocenters. The van der Waals surface area contributed by atoms with Gasteiger partial charge in [0, 0.05) is 25.3 Å². The molecule has 0 amide bonds. The van der Waals surface area contributed by atoms with Crippen LogP contribution in [0.4, 0.5) is 0 Å². The first kappa shape index (κ1) is 18.5. The topological polar surface area (TPSA) is 61.8 Å². The molecular weight excluding hydrogens is 320 g/mol. The highest BCUT2D eigenvalue weighted by atomic mass is 16.5. The third-order valence-electron chi connectivity index (χ3n) is 3.78. The molecule has 2 aromatic carbocycles. The molecule has 0 radical (unpaired) electrons. The van der Waals surface area contributed by atoms with Crippen molar-refractivity contribution in [1.29, 1.82) is 0 Å². The first-order valence-electron chi connectivity index (χ1n) is 7.99. The van der Waals surface area contributed by atoms with Crippen molar-refractivity contribution in [3.63, 3.8) is 0 Å². The summed E-state index contributed by atoms with van der Waals surface area (Å²) in [5, 5.41) is 0. The number of esters is 1. The van der Waals surface area contributed by atoms with Crippen LogP contribution in [0, 0.1) is 0 Å². The molecule has 0 heterocycles. The fourth-order valence-corrected chi connectivity index (χ4v) is 2.52. The van der Waals surface area contributed by atoms with Crippen LogP contribution in [-0.2, 0) is 16.0 Å². The lowest BCUT2D eigenvalue weighted by molar-refractivity contribution is -0.146. The number of hydrogen-bond donors (Lipinski definition) is 0. The molecule has 0 bridgehead atoms. The van der Waals surface area contributed by atoms with Crippen LogP contribution in [0.5, 0.6) is 11.5 Å². The van der Waals surface area contributed by atoms with Crippen molar-refractivity contribution in [3.05, 3.63) is 59.7 Å². The van der Waals surface area contributed by atoms with Crippen LogP contribution in [0.25, 0.3) is 0 Å². The van der Waals surface area contributed by atoms with Gasteiger partial charge in [-0.2, -0.15) is 0 Å². The number of rotatable bonds is 8. The number of ketones is 1. The number of benzene rings is 2. The normalized spacial score (nSPS) is 11.5. The fourth-order valence-electron chi connectivity index (χ4n) is 2.52. The standard InChI is InChI=1S/C20H22O5/c1-14(21)25-19(12-15-4-8-17(23-2)9-5-15)13-20(22)16-6-10-18(24-3)11-7-16/h4-11,19H,12-13H2,1-3H3. The maximum atomic E-state index is 12.5. The average molecular weight is 342 g/mol. The van der Waals surface area contributed by atoms with Crippen LogP contribution in [-0.4, -0.2) is 32.1 Å². The molecule has 0 aromatic heterocycles. The molecule has 5 nitrogen and oxygen atoms in total. The van der Waals surface area contributed by atoms with Gasteiger partial charge in [-0.1, -0.05) is 12.1 Å². The summed E-state index contributed by atoms with van der Waals surface area (Å²) in [5.74, 6) is 0.955. The molecule has 0 saturated heterocycles. The first-order chi connectivity index (χ1) is 12.0. The number of hydrogen-bond acceptors (Lipinski definition) is 5. The van der Waals surface area contributed by atoms with Crippen molar-refractivity contribution in [2.24, 2.45) is 0 Å². The molecule has 0 aliphatic heterocycles. The predicted molar refractivity (Wildman–Crippen MR) is 94.2 cm³/mol. The van der Waals surface area contributed by atoms with Crippen LogP contribution in [0.1, 0.15) is 29.3 Å². The molecule has 0 saturated carbocycles. The van der Waals surface area contributed by atoms with E-state index in [1.54, 1.807) is 38.5 Å². The number of carbonyl (C=O) groups is 2. The van der Waals surface area contributed by atoms with E-state index in [2.05, 4.69) is 0 Å². The van der Waals surface area contributed by atoms with Gasteiger partial charge in [0.1, 0.15) is 17.6 Å². The highest BCUT2D eigenvalue weighted by Gasteiger charge is 2.19. The van der Waals surface area contributed by atoms with Gasteiger partial charge in [0.2, 0.25) is 0 Å². The molecule has 5 heteroatoms.